The summed E-state index contributed by atoms with van der Waals surface area (Å²) in [5.74, 6) is 0. The Hall–Kier alpha value is -1.34. The van der Waals surface area contributed by atoms with Gasteiger partial charge in [0, 0.05) is 23.8 Å². The molecule has 0 atom stereocenters. The van der Waals surface area contributed by atoms with Crippen molar-refractivity contribution in [1.29, 1.82) is 0 Å². The van der Waals surface area contributed by atoms with E-state index < -0.39 is 10.0 Å². The van der Waals surface area contributed by atoms with Crippen LogP contribution in [0.4, 0.5) is 5.69 Å². The summed E-state index contributed by atoms with van der Waals surface area (Å²) in [5.41, 5.74) is 1.53. The van der Waals surface area contributed by atoms with E-state index in [4.69, 9.17) is 0 Å². The van der Waals surface area contributed by atoms with Crippen LogP contribution >= 0.6 is 15.9 Å². The summed E-state index contributed by atoms with van der Waals surface area (Å²) in [6.45, 7) is 5.78. The maximum Gasteiger partial charge on any atom is 0.267 e. The van der Waals surface area contributed by atoms with Crippen molar-refractivity contribution in [1.82, 2.24) is 9.78 Å². The van der Waals surface area contributed by atoms with Crippen LogP contribution in [-0.2, 0) is 10.0 Å². The molecular formula is C14H18BrN3O2S. The minimum atomic E-state index is -3.61. The van der Waals surface area contributed by atoms with Gasteiger partial charge >= 0.3 is 0 Å². The van der Waals surface area contributed by atoms with E-state index >= 15 is 0 Å². The van der Waals surface area contributed by atoms with Crippen LogP contribution in [0.5, 0.6) is 0 Å². The van der Waals surface area contributed by atoms with Crippen molar-refractivity contribution in [3.8, 4) is 0 Å². The Balaban J connectivity index is 2.42. The molecular weight excluding hydrogens is 354 g/mol. The summed E-state index contributed by atoms with van der Waals surface area (Å²) in [7, 11) is -2.05. The second kappa shape index (κ2) is 5.81. The molecule has 0 bridgehead atoms. The molecule has 1 heterocycles. The van der Waals surface area contributed by atoms with Gasteiger partial charge in [0.1, 0.15) is 4.90 Å². The molecule has 0 saturated carbocycles. The molecule has 21 heavy (non-hydrogen) atoms. The second-order valence-corrected chi connectivity index (χ2v) is 8.04. The van der Waals surface area contributed by atoms with Crippen molar-refractivity contribution >= 4 is 31.6 Å². The van der Waals surface area contributed by atoms with Crippen LogP contribution in [0.15, 0.2) is 40.0 Å². The highest BCUT2D eigenvalue weighted by atomic mass is 79.9. The second-order valence-electron chi connectivity index (χ2n) is 5.15. The summed E-state index contributed by atoms with van der Waals surface area (Å²) in [4.78, 5) is 0.195. The normalized spacial score (nSPS) is 11.9. The van der Waals surface area contributed by atoms with Crippen LogP contribution < -0.4 is 4.31 Å². The zero-order valence-electron chi connectivity index (χ0n) is 12.4. The van der Waals surface area contributed by atoms with Crippen LogP contribution in [-0.4, -0.2) is 25.2 Å². The number of rotatable bonds is 4. The van der Waals surface area contributed by atoms with Gasteiger partial charge in [-0.1, -0.05) is 15.9 Å². The summed E-state index contributed by atoms with van der Waals surface area (Å²) in [6.07, 6.45) is 2.95. The molecule has 114 valence electrons. The summed E-state index contributed by atoms with van der Waals surface area (Å²) in [6, 6.07) is 5.61. The average molecular weight is 372 g/mol. The lowest BCUT2D eigenvalue weighted by atomic mass is 10.2. The minimum Gasteiger partial charge on any atom is -0.269 e. The third-order valence-electron chi connectivity index (χ3n) is 3.26. The fourth-order valence-electron chi connectivity index (χ4n) is 2.00. The Morgan fingerprint density at radius 2 is 2.00 bits per heavy atom. The fraction of sp³-hybridized carbons (Fsp3) is 0.357. The topological polar surface area (TPSA) is 55.2 Å². The van der Waals surface area contributed by atoms with Gasteiger partial charge in [0.15, 0.2) is 0 Å². The van der Waals surface area contributed by atoms with Gasteiger partial charge in [0.25, 0.3) is 10.0 Å². The van der Waals surface area contributed by atoms with Gasteiger partial charge in [0.2, 0.25) is 0 Å². The van der Waals surface area contributed by atoms with E-state index in [0.29, 0.717) is 5.69 Å². The summed E-state index contributed by atoms with van der Waals surface area (Å²) >= 11 is 3.38. The van der Waals surface area contributed by atoms with Gasteiger partial charge in [-0.05, 0) is 44.5 Å². The molecule has 0 saturated heterocycles. The monoisotopic (exact) mass is 371 g/mol. The molecule has 0 amide bonds. The third kappa shape index (κ3) is 3.13. The fourth-order valence-corrected chi connectivity index (χ4v) is 3.67. The van der Waals surface area contributed by atoms with Crippen LogP contribution in [0.3, 0.4) is 0 Å². The Labute approximate surface area is 133 Å². The molecule has 5 nitrogen and oxygen atoms in total. The molecule has 0 fully saturated rings. The van der Waals surface area contributed by atoms with Crippen LogP contribution in [0.25, 0.3) is 0 Å². The van der Waals surface area contributed by atoms with E-state index in [2.05, 4.69) is 21.0 Å². The van der Waals surface area contributed by atoms with Crippen molar-refractivity contribution in [2.24, 2.45) is 0 Å². The molecule has 0 spiro atoms. The first-order valence-electron chi connectivity index (χ1n) is 6.52. The van der Waals surface area contributed by atoms with E-state index in [1.165, 1.54) is 10.5 Å². The lowest BCUT2D eigenvalue weighted by Gasteiger charge is -2.20. The van der Waals surface area contributed by atoms with E-state index in [-0.39, 0.29) is 10.9 Å². The highest BCUT2D eigenvalue weighted by Gasteiger charge is 2.24. The number of nitrogens with zero attached hydrogens (tertiary/aromatic N) is 3. The molecule has 1 aromatic carbocycles. The van der Waals surface area contributed by atoms with Gasteiger partial charge in [-0.15, -0.1) is 0 Å². The number of aromatic nitrogens is 2. The average Bonchev–Trinajstić information content (AvgIpc) is 2.88. The van der Waals surface area contributed by atoms with Crippen molar-refractivity contribution in [2.45, 2.75) is 31.7 Å². The molecule has 0 aliphatic heterocycles. The molecule has 0 aliphatic rings. The zero-order chi connectivity index (χ0) is 15.8. The van der Waals surface area contributed by atoms with Crippen LogP contribution in [0.1, 0.15) is 25.5 Å². The molecule has 1 aromatic heterocycles. The maximum atomic E-state index is 12.7. The maximum absolute atomic E-state index is 12.7. The number of halogens is 1. The zero-order valence-corrected chi connectivity index (χ0v) is 14.8. The Morgan fingerprint density at radius 1 is 1.33 bits per heavy atom. The summed E-state index contributed by atoms with van der Waals surface area (Å²) in [5, 5.41) is 4.10. The number of hydrogen-bond donors (Lipinski definition) is 0. The first kappa shape index (κ1) is 16.0. The van der Waals surface area contributed by atoms with Crippen LogP contribution in [0, 0.1) is 6.92 Å². The predicted octanol–water partition coefficient (Wildman–Crippen LogP) is 3.36. The quantitative estimate of drug-likeness (QED) is 0.827. The molecule has 0 unspecified atom stereocenters. The Bertz CT molecular complexity index is 753. The Morgan fingerprint density at radius 3 is 2.52 bits per heavy atom. The molecule has 2 rings (SSSR count). The van der Waals surface area contributed by atoms with Gasteiger partial charge in [-0.3, -0.25) is 8.99 Å². The first-order chi connectivity index (χ1) is 9.73. The van der Waals surface area contributed by atoms with Crippen molar-refractivity contribution in [3.63, 3.8) is 0 Å². The van der Waals surface area contributed by atoms with Gasteiger partial charge in [-0.25, -0.2) is 8.42 Å². The van der Waals surface area contributed by atoms with Crippen molar-refractivity contribution in [2.75, 3.05) is 11.4 Å². The number of aryl methyl sites for hydroxylation is 1. The molecule has 0 radical (unpaired) electrons. The van der Waals surface area contributed by atoms with Crippen molar-refractivity contribution < 1.29 is 8.42 Å². The highest BCUT2D eigenvalue weighted by molar-refractivity contribution is 9.10. The lowest BCUT2D eigenvalue weighted by Crippen LogP contribution is -2.27. The third-order valence-corrected chi connectivity index (χ3v) is 5.48. The number of hydrogen-bond acceptors (Lipinski definition) is 3. The van der Waals surface area contributed by atoms with Gasteiger partial charge in [-0.2, -0.15) is 5.10 Å². The molecule has 0 aliphatic carbocycles. The molecule has 2 aromatic rings. The molecule has 0 N–H and O–H groups in total. The largest absolute Gasteiger partial charge is 0.269 e. The van der Waals surface area contributed by atoms with Crippen LogP contribution in [0.2, 0.25) is 0 Å². The smallest absolute Gasteiger partial charge is 0.267 e. The Kier molecular flexibility index (Phi) is 4.43. The highest BCUT2D eigenvalue weighted by Crippen LogP contribution is 2.27. The van der Waals surface area contributed by atoms with Gasteiger partial charge < -0.3 is 0 Å². The first-order valence-corrected chi connectivity index (χ1v) is 8.76. The summed E-state index contributed by atoms with van der Waals surface area (Å²) < 4.78 is 29.2. The predicted molar refractivity (Wildman–Crippen MR) is 87.1 cm³/mol. The number of sulfonamides is 1. The minimum absolute atomic E-state index is 0.119. The van der Waals surface area contributed by atoms with Gasteiger partial charge in [0.05, 0.1) is 11.9 Å². The SMILES string of the molecule is Cc1cc(Br)ccc1N(C)S(=O)(=O)c1cnn(C(C)C)c1. The van der Waals surface area contributed by atoms with E-state index in [1.54, 1.807) is 24.0 Å². The van der Waals surface area contributed by atoms with Crippen molar-refractivity contribution in [3.05, 3.63) is 40.6 Å². The van der Waals surface area contributed by atoms with E-state index in [9.17, 15) is 8.42 Å². The standard InChI is InChI=1S/C14H18BrN3O2S/c1-10(2)18-9-13(8-16-18)21(19,20)17(4)14-6-5-12(15)7-11(14)3/h5-10H,1-4H3. The molecule has 7 heteroatoms. The van der Waals surface area contributed by atoms with E-state index in [1.807, 2.05) is 32.9 Å². The van der Waals surface area contributed by atoms with E-state index in [0.717, 1.165) is 10.0 Å². The number of benzene rings is 1. The lowest BCUT2D eigenvalue weighted by molar-refractivity contribution is 0.531. The number of anilines is 1.